The molecule has 0 aliphatic carbocycles. The monoisotopic (exact) mass is 342 g/mol. The second-order valence-corrected chi connectivity index (χ2v) is 5.18. The number of hydrogen-bond acceptors (Lipinski definition) is 5. The minimum atomic E-state index is -0.794. The molecule has 25 heavy (non-hydrogen) atoms. The number of amides is 4. The van der Waals surface area contributed by atoms with Crippen LogP contribution in [0.2, 0.25) is 0 Å². The third-order valence-electron chi connectivity index (χ3n) is 3.42. The quantitative estimate of drug-likeness (QED) is 0.668. The van der Waals surface area contributed by atoms with Crippen LogP contribution in [-0.4, -0.2) is 34.4 Å². The Kier molecular flexibility index (Phi) is 4.46. The molecule has 0 bridgehead atoms. The SMILES string of the molecule is O=C(NN1C(=O)CNC1=O)c1cc(=O)c(OCc2ccccc2)c[nH]1. The van der Waals surface area contributed by atoms with E-state index in [1.807, 2.05) is 30.3 Å². The Balaban J connectivity index is 1.67. The number of carbonyl (C=O) groups excluding carboxylic acids is 3. The van der Waals surface area contributed by atoms with E-state index in [9.17, 15) is 19.2 Å². The van der Waals surface area contributed by atoms with E-state index in [0.29, 0.717) is 5.01 Å². The van der Waals surface area contributed by atoms with Gasteiger partial charge in [-0.25, -0.2) is 4.79 Å². The van der Waals surface area contributed by atoms with Gasteiger partial charge in [0.25, 0.3) is 11.8 Å². The van der Waals surface area contributed by atoms with Crippen molar-refractivity contribution in [2.24, 2.45) is 0 Å². The van der Waals surface area contributed by atoms with Crippen LogP contribution in [0, 0.1) is 0 Å². The van der Waals surface area contributed by atoms with E-state index < -0.39 is 23.3 Å². The average molecular weight is 342 g/mol. The highest BCUT2D eigenvalue weighted by Gasteiger charge is 2.30. The van der Waals surface area contributed by atoms with Gasteiger partial charge in [0.05, 0.1) is 0 Å². The van der Waals surface area contributed by atoms with Gasteiger partial charge in [0.1, 0.15) is 18.8 Å². The molecule has 0 saturated carbocycles. The van der Waals surface area contributed by atoms with E-state index in [4.69, 9.17) is 4.74 Å². The number of benzene rings is 1. The predicted molar refractivity (Wildman–Crippen MR) is 85.5 cm³/mol. The van der Waals surface area contributed by atoms with E-state index in [-0.39, 0.29) is 24.6 Å². The molecule has 1 saturated heterocycles. The minimum Gasteiger partial charge on any atom is -0.483 e. The molecule has 1 aliphatic rings. The van der Waals surface area contributed by atoms with Crippen LogP contribution in [-0.2, 0) is 11.4 Å². The molecular weight excluding hydrogens is 328 g/mol. The molecule has 0 unspecified atom stereocenters. The van der Waals surface area contributed by atoms with E-state index in [2.05, 4.69) is 15.7 Å². The van der Waals surface area contributed by atoms with Crippen molar-refractivity contribution in [1.82, 2.24) is 20.7 Å². The molecule has 1 aromatic carbocycles. The molecule has 4 amide bonds. The molecule has 0 spiro atoms. The zero-order valence-electron chi connectivity index (χ0n) is 12.9. The van der Waals surface area contributed by atoms with Gasteiger partial charge in [-0.3, -0.25) is 19.8 Å². The van der Waals surface area contributed by atoms with Crippen LogP contribution in [0.5, 0.6) is 5.75 Å². The number of ether oxygens (including phenoxy) is 1. The van der Waals surface area contributed by atoms with Crippen LogP contribution >= 0.6 is 0 Å². The Labute approximate surface area is 141 Å². The first-order valence-electron chi connectivity index (χ1n) is 7.36. The largest absolute Gasteiger partial charge is 0.483 e. The molecule has 1 aliphatic heterocycles. The van der Waals surface area contributed by atoms with Crippen molar-refractivity contribution in [2.45, 2.75) is 6.61 Å². The highest BCUT2D eigenvalue weighted by Crippen LogP contribution is 2.07. The summed E-state index contributed by atoms with van der Waals surface area (Å²) in [5.41, 5.74) is 2.40. The number of H-pyrrole nitrogens is 1. The van der Waals surface area contributed by atoms with Crippen molar-refractivity contribution < 1.29 is 19.1 Å². The summed E-state index contributed by atoms with van der Waals surface area (Å²) in [6.07, 6.45) is 1.26. The normalized spacial score (nSPS) is 13.5. The Morgan fingerprint density at radius 2 is 1.96 bits per heavy atom. The van der Waals surface area contributed by atoms with Crippen molar-refractivity contribution in [3.05, 3.63) is 64.1 Å². The van der Waals surface area contributed by atoms with Crippen LogP contribution in [0.15, 0.2) is 47.4 Å². The third kappa shape index (κ3) is 3.66. The van der Waals surface area contributed by atoms with Gasteiger partial charge in [0.2, 0.25) is 5.43 Å². The summed E-state index contributed by atoms with van der Waals surface area (Å²) in [7, 11) is 0. The molecule has 0 radical (unpaired) electrons. The molecule has 2 aromatic rings. The van der Waals surface area contributed by atoms with Crippen molar-refractivity contribution in [3.63, 3.8) is 0 Å². The van der Waals surface area contributed by atoms with Crippen LogP contribution in [0.3, 0.4) is 0 Å². The second kappa shape index (κ2) is 6.87. The Bertz CT molecular complexity index is 862. The Morgan fingerprint density at radius 3 is 2.60 bits per heavy atom. The van der Waals surface area contributed by atoms with Gasteiger partial charge in [-0.15, -0.1) is 0 Å². The number of hydrogen-bond donors (Lipinski definition) is 3. The van der Waals surface area contributed by atoms with Crippen LogP contribution in [0.4, 0.5) is 4.79 Å². The van der Waals surface area contributed by atoms with Gasteiger partial charge in [-0.1, -0.05) is 30.3 Å². The molecule has 3 N–H and O–H groups in total. The first-order valence-corrected chi connectivity index (χ1v) is 7.36. The van der Waals surface area contributed by atoms with Crippen LogP contribution < -0.4 is 20.9 Å². The lowest BCUT2D eigenvalue weighted by atomic mass is 10.2. The summed E-state index contributed by atoms with van der Waals surface area (Å²) in [6, 6.07) is 9.59. The molecule has 0 atom stereocenters. The summed E-state index contributed by atoms with van der Waals surface area (Å²) in [6.45, 7) is 0.0137. The summed E-state index contributed by atoms with van der Waals surface area (Å²) in [5, 5.41) is 2.82. The van der Waals surface area contributed by atoms with Crippen molar-refractivity contribution in [1.29, 1.82) is 0 Å². The van der Waals surface area contributed by atoms with Gasteiger partial charge < -0.3 is 15.0 Å². The molecule has 128 valence electrons. The fourth-order valence-corrected chi connectivity index (χ4v) is 2.14. The molecule has 9 nitrogen and oxygen atoms in total. The maximum absolute atomic E-state index is 12.0. The maximum atomic E-state index is 12.0. The lowest BCUT2D eigenvalue weighted by Crippen LogP contribution is -2.46. The fourth-order valence-electron chi connectivity index (χ4n) is 2.14. The summed E-state index contributed by atoms with van der Waals surface area (Å²) >= 11 is 0. The molecule has 2 heterocycles. The highest BCUT2D eigenvalue weighted by molar-refractivity contribution is 6.04. The molecule has 1 aromatic heterocycles. The van der Waals surface area contributed by atoms with Crippen LogP contribution in [0.25, 0.3) is 0 Å². The van der Waals surface area contributed by atoms with E-state index in [0.717, 1.165) is 11.6 Å². The van der Waals surface area contributed by atoms with Gasteiger partial charge in [0.15, 0.2) is 5.75 Å². The number of nitrogens with zero attached hydrogens (tertiary/aromatic N) is 1. The number of pyridine rings is 1. The van der Waals surface area contributed by atoms with Crippen molar-refractivity contribution >= 4 is 17.8 Å². The summed E-state index contributed by atoms with van der Waals surface area (Å²) in [5.74, 6) is -1.34. The zero-order valence-corrected chi connectivity index (χ0v) is 12.9. The smallest absolute Gasteiger partial charge is 0.343 e. The lowest BCUT2D eigenvalue weighted by Gasteiger charge is -2.13. The number of nitrogens with one attached hydrogen (secondary N) is 3. The maximum Gasteiger partial charge on any atom is 0.343 e. The Hall–Kier alpha value is -3.62. The van der Waals surface area contributed by atoms with Gasteiger partial charge in [0, 0.05) is 12.3 Å². The molecule has 9 heteroatoms. The molecular formula is C16H14N4O5. The first-order chi connectivity index (χ1) is 12.0. The topological polar surface area (TPSA) is 121 Å². The standard InChI is InChI=1S/C16H14N4O5/c21-12-6-11(15(23)19-20-14(22)8-18-16(20)24)17-7-13(12)25-9-10-4-2-1-3-5-10/h1-7H,8-9H2,(H,17,21)(H,18,24)(H,19,23). The number of rotatable bonds is 5. The predicted octanol–water partition coefficient (Wildman–Crippen LogP) is 0.150. The number of imide groups is 1. The third-order valence-corrected chi connectivity index (χ3v) is 3.42. The lowest BCUT2D eigenvalue weighted by molar-refractivity contribution is -0.126. The number of hydrazine groups is 1. The number of aromatic nitrogens is 1. The minimum absolute atomic E-state index is 0.0513. The first kappa shape index (κ1) is 16.2. The van der Waals surface area contributed by atoms with Gasteiger partial charge >= 0.3 is 6.03 Å². The van der Waals surface area contributed by atoms with Gasteiger partial charge in [-0.2, -0.15) is 5.01 Å². The van der Waals surface area contributed by atoms with Gasteiger partial charge in [-0.05, 0) is 5.56 Å². The van der Waals surface area contributed by atoms with E-state index in [1.165, 1.54) is 6.20 Å². The summed E-state index contributed by atoms with van der Waals surface area (Å²) < 4.78 is 5.42. The molecule has 3 rings (SSSR count). The molecule has 1 fully saturated rings. The average Bonchev–Trinajstić information content (AvgIpc) is 2.93. The van der Waals surface area contributed by atoms with Crippen LogP contribution in [0.1, 0.15) is 16.1 Å². The Morgan fingerprint density at radius 1 is 1.20 bits per heavy atom. The van der Waals surface area contributed by atoms with E-state index >= 15 is 0 Å². The van der Waals surface area contributed by atoms with Crippen molar-refractivity contribution in [3.8, 4) is 5.75 Å². The summed E-state index contributed by atoms with van der Waals surface area (Å²) in [4.78, 5) is 49.5. The number of urea groups is 1. The number of aromatic amines is 1. The van der Waals surface area contributed by atoms with E-state index in [1.54, 1.807) is 0 Å². The fraction of sp³-hybridized carbons (Fsp3) is 0.125. The van der Waals surface area contributed by atoms with Crippen molar-refractivity contribution in [2.75, 3.05) is 6.54 Å². The second-order valence-electron chi connectivity index (χ2n) is 5.18. The highest BCUT2D eigenvalue weighted by atomic mass is 16.5. The zero-order chi connectivity index (χ0) is 17.8. The number of carbonyl (C=O) groups is 3.